The zero-order chi connectivity index (χ0) is 20.9. The van der Waals surface area contributed by atoms with Crippen LogP contribution in [0, 0.1) is 5.92 Å². The predicted octanol–water partition coefficient (Wildman–Crippen LogP) is 3.72. The van der Waals surface area contributed by atoms with Crippen LogP contribution in [0.5, 0.6) is 0 Å². The van der Waals surface area contributed by atoms with Crippen LogP contribution in [-0.4, -0.2) is 30.5 Å². The van der Waals surface area contributed by atoms with Crippen LogP contribution in [0.4, 0.5) is 0 Å². The van der Waals surface area contributed by atoms with Crippen molar-refractivity contribution >= 4 is 29.5 Å². The van der Waals surface area contributed by atoms with E-state index in [2.05, 4.69) is 22.8 Å². The molecule has 1 saturated heterocycles. The van der Waals surface area contributed by atoms with E-state index in [1.807, 2.05) is 30.3 Å². The van der Waals surface area contributed by atoms with Crippen LogP contribution in [0.1, 0.15) is 30.4 Å². The number of ether oxygens (including phenoxy) is 1. The molecule has 2 N–H and O–H groups in total. The molecule has 1 saturated carbocycles. The van der Waals surface area contributed by atoms with E-state index in [9.17, 15) is 9.59 Å². The third kappa shape index (κ3) is 5.03. The number of rotatable bonds is 5. The van der Waals surface area contributed by atoms with Crippen LogP contribution >= 0.6 is 11.6 Å². The molecular weight excluding hydrogens is 400 g/mol. The molecule has 3 atom stereocenters. The molecule has 2 aromatic rings. The second-order valence-electron chi connectivity index (χ2n) is 7.84. The van der Waals surface area contributed by atoms with Crippen molar-refractivity contribution in [2.45, 2.75) is 37.8 Å². The lowest BCUT2D eigenvalue weighted by molar-refractivity contribution is -0.134. The Bertz CT molecular complexity index is 944. The molecule has 0 bridgehead atoms. The highest BCUT2D eigenvalue weighted by Gasteiger charge is 2.40. The van der Waals surface area contributed by atoms with Crippen LogP contribution in [0.15, 0.2) is 60.4 Å². The molecule has 0 spiro atoms. The number of halogens is 1. The average molecular weight is 425 g/mol. The minimum Gasteiger partial charge on any atom is -0.483 e. The van der Waals surface area contributed by atoms with Crippen molar-refractivity contribution in [3.63, 3.8) is 0 Å². The van der Waals surface area contributed by atoms with Gasteiger partial charge < -0.3 is 15.4 Å². The average Bonchev–Trinajstić information content (AvgIpc) is 2.75. The largest absolute Gasteiger partial charge is 0.483 e. The molecule has 3 unspecified atom stereocenters. The summed E-state index contributed by atoms with van der Waals surface area (Å²) < 4.78 is 5.99. The lowest BCUT2D eigenvalue weighted by Crippen LogP contribution is -2.54. The van der Waals surface area contributed by atoms with Crippen molar-refractivity contribution in [3.05, 3.63) is 76.5 Å². The van der Waals surface area contributed by atoms with Gasteiger partial charge >= 0.3 is 0 Å². The van der Waals surface area contributed by atoms with E-state index in [1.54, 1.807) is 18.2 Å². The Labute approximate surface area is 181 Å². The van der Waals surface area contributed by atoms with E-state index in [0.29, 0.717) is 23.7 Å². The number of carbonyl (C=O) groups is 2. The number of benzene rings is 2. The minimum atomic E-state index is -0.249. The second-order valence-corrected chi connectivity index (χ2v) is 8.27. The van der Waals surface area contributed by atoms with Crippen molar-refractivity contribution < 1.29 is 14.3 Å². The second kappa shape index (κ2) is 9.35. The highest BCUT2D eigenvalue weighted by molar-refractivity contribution is 6.30. The van der Waals surface area contributed by atoms with Crippen molar-refractivity contribution in [2.24, 2.45) is 5.92 Å². The number of nitrogens with one attached hydrogen (secondary N) is 2. The molecule has 1 heterocycles. The lowest BCUT2D eigenvalue weighted by atomic mass is 9.82. The van der Waals surface area contributed by atoms with E-state index in [-0.39, 0.29) is 29.9 Å². The maximum Gasteiger partial charge on any atom is 0.286 e. The van der Waals surface area contributed by atoms with Crippen LogP contribution in [0.25, 0.3) is 6.08 Å². The van der Waals surface area contributed by atoms with Gasteiger partial charge in [-0.15, -0.1) is 0 Å². The summed E-state index contributed by atoms with van der Waals surface area (Å²) in [5.74, 6) is -0.00563. The summed E-state index contributed by atoms with van der Waals surface area (Å²) >= 11 is 6.02. The van der Waals surface area contributed by atoms with E-state index in [4.69, 9.17) is 16.3 Å². The van der Waals surface area contributed by atoms with Gasteiger partial charge in [-0.1, -0.05) is 54.1 Å². The molecule has 2 amide bonds. The predicted molar refractivity (Wildman–Crippen MR) is 117 cm³/mol. The van der Waals surface area contributed by atoms with Gasteiger partial charge in [-0.3, -0.25) is 9.59 Å². The third-order valence-corrected chi connectivity index (χ3v) is 5.91. The Balaban J connectivity index is 1.31. The van der Waals surface area contributed by atoms with Crippen LogP contribution in [0.2, 0.25) is 5.02 Å². The topological polar surface area (TPSA) is 67.4 Å². The summed E-state index contributed by atoms with van der Waals surface area (Å²) in [5, 5.41) is 6.67. The van der Waals surface area contributed by atoms with Crippen molar-refractivity contribution in [1.82, 2.24) is 10.6 Å². The summed E-state index contributed by atoms with van der Waals surface area (Å²) in [7, 11) is 0. The molecule has 0 radical (unpaired) electrons. The molecule has 0 aromatic heterocycles. The van der Waals surface area contributed by atoms with Gasteiger partial charge in [0.1, 0.15) is 6.10 Å². The zero-order valence-electron chi connectivity index (χ0n) is 16.6. The Morgan fingerprint density at radius 1 is 1.17 bits per heavy atom. The van der Waals surface area contributed by atoms with E-state index in [0.717, 1.165) is 24.8 Å². The molecule has 1 aliphatic carbocycles. The third-order valence-electron chi connectivity index (χ3n) is 5.68. The molecule has 6 heteroatoms. The van der Waals surface area contributed by atoms with Crippen LogP contribution in [0.3, 0.4) is 0 Å². The smallest absolute Gasteiger partial charge is 0.286 e. The first kappa shape index (κ1) is 20.5. The fraction of sp³-hybridized carbons (Fsp3) is 0.333. The molecular formula is C24H25ClN2O3. The first-order valence-corrected chi connectivity index (χ1v) is 10.7. The molecule has 1 aliphatic heterocycles. The summed E-state index contributed by atoms with van der Waals surface area (Å²) in [6, 6.07) is 17.2. The van der Waals surface area contributed by atoms with Crippen molar-refractivity contribution in [1.29, 1.82) is 0 Å². The molecule has 4 rings (SSSR count). The molecule has 30 heavy (non-hydrogen) atoms. The van der Waals surface area contributed by atoms with Gasteiger partial charge in [-0.25, -0.2) is 0 Å². The van der Waals surface area contributed by atoms with E-state index in [1.165, 1.54) is 5.56 Å². The summed E-state index contributed by atoms with van der Waals surface area (Å²) in [5.41, 5.74) is 2.02. The van der Waals surface area contributed by atoms with Gasteiger partial charge in [-0.2, -0.15) is 0 Å². The van der Waals surface area contributed by atoms with Gasteiger partial charge in [0.25, 0.3) is 5.91 Å². The number of hydrogen-bond acceptors (Lipinski definition) is 3. The zero-order valence-corrected chi connectivity index (χ0v) is 17.4. The van der Waals surface area contributed by atoms with E-state index < -0.39 is 0 Å². The fourth-order valence-corrected chi connectivity index (χ4v) is 4.30. The Morgan fingerprint density at radius 3 is 2.80 bits per heavy atom. The van der Waals surface area contributed by atoms with Gasteiger partial charge in [-0.05, 0) is 55.0 Å². The fourth-order valence-electron chi connectivity index (χ4n) is 4.10. The van der Waals surface area contributed by atoms with Crippen molar-refractivity contribution in [2.75, 3.05) is 6.54 Å². The van der Waals surface area contributed by atoms with Gasteiger partial charge in [0.15, 0.2) is 5.76 Å². The first-order valence-electron chi connectivity index (χ1n) is 10.3. The molecule has 2 fully saturated rings. The maximum atomic E-state index is 12.6. The Kier molecular flexibility index (Phi) is 6.38. The van der Waals surface area contributed by atoms with Gasteiger partial charge in [0.05, 0.1) is 6.04 Å². The van der Waals surface area contributed by atoms with Crippen LogP contribution < -0.4 is 10.6 Å². The minimum absolute atomic E-state index is 0.0545. The normalized spacial score (nSPS) is 24.5. The Hall–Kier alpha value is -2.79. The number of carbonyl (C=O) groups excluding carboxylic acids is 2. The van der Waals surface area contributed by atoms with Crippen LogP contribution in [-0.2, 0) is 20.7 Å². The number of morpholine rings is 1. The summed E-state index contributed by atoms with van der Waals surface area (Å²) in [4.78, 5) is 25.1. The first-order chi connectivity index (χ1) is 14.6. The monoisotopic (exact) mass is 424 g/mol. The lowest BCUT2D eigenvalue weighted by Gasteiger charge is -2.39. The Morgan fingerprint density at radius 2 is 2.00 bits per heavy atom. The molecule has 156 valence electrons. The number of fused-ring (bicyclic) bond motifs is 1. The molecule has 2 aliphatic rings. The number of amides is 2. The highest BCUT2D eigenvalue weighted by atomic mass is 35.5. The van der Waals surface area contributed by atoms with E-state index >= 15 is 0 Å². The summed E-state index contributed by atoms with van der Waals surface area (Å²) in [6.45, 7) is 0.614. The quantitative estimate of drug-likeness (QED) is 0.719. The van der Waals surface area contributed by atoms with Gasteiger partial charge in [0.2, 0.25) is 5.91 Å². The highest BCUT2D eigenvalue weighted by Crippen LogP contribution is 2.31. The molecule has 5 nitrogen and oxygen atoms in total. The maximum absolute atomic E-state index is 12.6. The standard InChI is InChI=1S/C24H25ClN2O3/c25-19-8-4-7-17(13-19)14-22-24(29)27-20-15-18(9-10-21(20)30-22)23(28)26-12-11-16-5-2-1-3-6-16/h1-8,13-14,18,20-21H,9-12,15H2,(H,26,28)(H,27,29)/b22-14-. The van der Waals surface area contributed by atoms with Crippen molar-refractivity contribution in [3.8, 4) is 0 Å². The molecule has 2 aromatic carbocycles. The SMILES string of the molecule is O=C1NC2CC(C(=O)NCCc3ccccc3)CCC2O/C1=C\c1cccc(Cl)c1. The van der Waals surface area contributed by atoms with Gasteiger partial charge in [0, 0.05) is 17.5 Å². The summed E-state index contributed by atoms with van der Waals surface area (Å²) in [6.07, 6.45) is 4.48. The number of hydrogen-bond donors (Lipinski definition) is 2.